The van der Waals surface area contributed by atoms with Gasteiger partial charge in [0.1, 0.15) is 16.5 Å². The molecule has 0 amide bonds. The highest BCUT2D eigenvalue weighted by atomic mass is 32.1. The number of thiophene rings is 1. The number of fused-ring (bicyclic) bond motifs is 3. The summed E-state index contributed by atoms with van der Waals surface area (Å²) in [5.41, 5.74) is 10.6. The number of aryl methyl sites for hydroxylation is 3. The van der Waals surface area contributed by atoms with Crippen LogP contribution >= 0.6 is 11.3 Å². The third-order valence-corrected chi connectivity index (χ3v) is 7.49. The zero-order valence-corrected chi connectivity index (χ0v) is 18.8. The molecule has 5 rings (SSSR count). The number of benzene rings is 1. The van der Waals surface area contributed by atoms with Gasteiger partial charge in [0.25, 0.3) is 0 Å². The molecule has 0 saturated heterocycles. The Morgan fingerprint density at radius 2 is 2.06 bits per heavy atom. The van der Waals surface area contributed by atoms with Crippen LogP contribution in [0, 0.1) is 6.92 Å². The molecule has 2 aromatic heterocycles. The topological polar surface area (TPSA) is 76.2 Å². The largest absolute Gasteiger partial charge is 0.368 e. The van der Waals surface area contributed by atoms with Crippen molar-refractivity contribution in [1.29, 1.82) is 0 Å². The molecule has 1 aromatic carbocycles. The Morgan fingerprint density at radius 3 is 2.90 bits per heavy atom. The normalized spacial score (nSPS) is 18.8. The Bertz CT molecular complexity index is 1150. The first kappa shape index (κ1) is 20.3. The van der Waals surface area contributed by atoms with Crippen molar-refractivity contribution in [3.63, 3.8) is 0 Å². The second kappa shape index (κ2) is 8.89. The van der Waals surface area contributed by atoms with Gasteiger partial charge >= 0.3 is 0 Å². The molecular formula is C25H29N5S. The van der Waals surface area contributed by atoms with E-state index in [1.54, 1.807) is 0 Å². The zero-order chi connectivity index (χ0) is 21.2. The third kappa shape index (κ3) is 4.27. The molecule has 160 valence electrons. The average Bonchev–Trinajstić information content (AvgIpc) is 3.18. The van der Waals surface area contributed by atoms with E-state index in [2.05, 4.69) is 47.6 Å². The quantitative estimate of drug-likeness (QED) is 0.580. The first-order valence-corrected chi connectivity index (χ1v) is 12.0. The lowest BCUT2D eigenvalue weighted by atomic mass is 9.96. The Balaban J connectivity index is 1.44. The summed E-state index contributed by atoms with van der Waals surface area (Å²) in [6, 6.07) is 8.50. The van der Waals surface area contributed by atoms with Gasteiger partial charge in [-0.1, -0.05) is 30.3 Å². The van der Waals surface area contributed by atoms with Crippen LogP contribution in [-0.4, -0.2) is 28.8 Å². The van der Waals surface area contributed by atoms with Gasteiger partial charge in [0.05, 0.1) is 5.39 Å². The van der Waals surface area contributed by atoms with E-state index in [4.69, 9.17) is 15.7 Å². The highest BCUT2D eigenvalue weighted by Gasteiger charge is 2.23. The van der Waals surface area contributed by atoms with E-state index < -0.39 is 0 Å². The Kier molecular flexibility index (Phi) is 5.83. The monoisotopic (exact) mass is 431 g/mol. The number of nitrogens with one attached hydrogen (secondary N) is 1. The van der Waals surface area contributed by atoms with Gasteiger partial charge in [-0.2, -0.15) is 0 Å². The van der Waals surface area contributed by atoms with Gasteiger partial charge in [-0.05, 0) is 62.1 Å². The fourth-order valence-corrected chi connectivity index (χ4v) is 5.82. The Hall–Kier alpha value is -2.57. The van der Waals surface area contributed by atoms with Crippen LogP contribution in [0.4, 0.5) is 5.82 Å². The third-order valence-electron chi connectivity index (χ3n) is 6.31. The predicted octanol–water partition coefficient (Wildman–Crippen LogP) is 4.93. The highest BCUT2D eigenvalue weighted by molar-refractivity contribution is 7.19. The van der Waals surface area contributed by atoms with E-state index in [1.807, 2.05) is 23.8 Å². The second-order valence-electron chi connectivity index (χ2n) is 8.61. The molecule has 0 radical (unpaired) electrons. The second-order valence-corrected chi connectivity index (χ2v) is 9.69. The first-order valence-electron chi connectivity index (χ1n) is 11.2. The summed E-state index contributed by atoms with van der Waals surface area (Å²) in [6.07, 6.45) is 12.4. The average molecular weight is 432 g/mol. The van der Waals surface area contributed by atoms with Crippen molar-refractivity contribution >= 4 is 33.6 Å². The van der Waals surface area contributed by atoms with Crippen LogP contribution in [0.3, 0.4) is 0 Å². The zero-order valence-electron chi connectivity index (χ0n) is 18.0. The minimum Gasteiger partial charge on any atom is -0.368 e. The summed E-state index contributed by atoms with van der Waals surface area (Å²) in [6.45, 7) is 2.83. The van der Waals surface area contributed by atoms with Gasteiger partial charge in [-0.25, -0.2) is 9.97 Å². The fourth-order valence-electron chi connectivity index (χ4n) is 4.55. The Labute approximate surface area is 187 Å². The maximum atomic E-state index is 6.53. The molecule has 1 unspecified atom stereocenters. The first-order chi connectivity index (χ1) is 15.2. The maximum absolute atomic E-state index is 6.53. The fraction of sp³-hybridized carbons (Fsp3) is 0.400. The van der Waals surface area contributed by atoms with Crippen molar-refractivity contribution in [2.24, 2.45) is 10.7 Å². The van der Waals surface area contributed by atoms with Crippen molar-refractivity contribution in [2.45, 2.75) is 57.4 Å². The number of nitrogens with two attached hydrogens (primary N) is 1. The standard InChI is InChI=1S/C25H29N5S/c1-16-6-2-3-7-18(16)14-19(26)15-28-24-22-20-8-4-5-9-21(20)31-25(22)30-23(29-24)17-10-12-27-13-11-17/h2-3,6-7,10,12-13,17,19H,4-5,8-9,11,14-15,26H2,1H3,(H,28,29,30)/t17?,19-/m0/s1. The predicted molar refractivity (Wildman–Crippen MR) is 130 cm³/mol. The van der Waals surface area contributed by atoms with Gasteiger partial charge in [0.2, 0.25) is 0 Å². The molecule has 2 aliphatic rings. The lowest BCUT2D eigenvalue weighted by molar-refractivity contribution is 0.692. The molecule has 31 heavy (non-hydrogen) atoms. The number of nitrogens with zero attached hydrogens (tertiary/aromatic N) is 3. The summed E-state index contributed by atoms with van der Waals surface area (Å²) in [4.78, 5) is 16.8. The molecule has 0 spiro atoms. The van der Waals surface area contributed by atoms with Gasteiger partial charge in [0.15, 0.2) is 0 Å². The number of rotatable bonds is 6. The summed E-state index contributed by atoms with van der Waals surface area (Å²) in [5.74, 6) is 2.02. The summed E-state index contributed by atoms with van der Waals surface area (Å²) < 4.78 is 0. The van der Waals surface area contributed by atoms with E-state index in [0.29, 0.717) is 6.54 Å². The van der Waals surface area contributed by atoms with Crippen LogP contribution in [-0.2, 0) is 19.3 Å². The smallest absolute Gasteiger partial charge is 0.139 e. The number of aliphatic imine (C=N–C) groups is 1. The van der Waals surface area contributed by atoms with Crippen molar-refractivity contribution in [1.82, 2.24) is 9.97 Å². The highest BCUT2D eigenvalue weighted by Crippen LogP contribution is 2.39. The van der Waals surface area contributed by atoms with Gasteiger partial charge in [-0.15, -0.1) is 11.3 Å². The van der Waals surface area contributed by atoms with E-state index in [-0.39, 0.29) is 12.0 Å². The molecule has 0 saturated carbocycles. The molecule has 3 N–H and O–H groups in total. The molecular weight excluding hydrogens is 402 g/mol. The van der Waals surface area contributed by atoms with Crippen molar-refractivity contribution < 1.29 is 0 Å². The van der Waals surface area contributed by atoms with Crippen LogP contribution in [0.5, 0.6) is 0 Å². The Morgan fingerprint density at radius 1 is 1.19 bits per heavy atom. The summed E-state index contributed by atoms with van der Waals surface area (Å²) in [7, 11) is 0. The van der Waals surface area contributed by atoms with Crippen LogP contribution in [0.15, 0.2) is 41.5 Å². The molecule has 0 bridgehead atoms. The molecule has 3 aromatic rings. The van der Waals surface area contributed by atoms with Crippen molar-refractivity contribution in [3.8, 4) is 0 Å². The molecule has 6 heteroatoms. The van der Waals surface area contributed by atoms with E-state index in [9.17, 15) is 0 Å². The van der Waals surface area contributed by atoms with E-state index in [1.165, 1.54) is 39.8 Å². The SMILES string of the molecule is Cc1ccccc1C[C@H](N)CNc1nc(C2C=CN=CC2)nc2sc3c(c12)CCCC3. The molecule has 2 atom stereocenters. The van der Waals surface area contributed by atoms with E-state index >= 15 is 0 Å². The van der Waals surface area contributed by atoms with E-state index in [0.717, 1.165) is 42.2 Å². The number of allylic oxidation sites excluding steroid dienone is 1. The number of hydrogen-bond acceptors (Lipinski definition) is 6. The maximum Gasteiger partial charge on any atom is 0.139 e. The van der Waals surface area contributed by atoms with Crippen LogP contribution < -0.4 is 11.1 Å². The lowest BCUT2D eigenvalue weighted by Gasteiger charge is -2.18. The van der Waals surface area contributed by atoms with Crippen LogP contribution in [0.1, 0.15) is 52.6 Å². The van der Waals surface area contributed by atoms with Crippen LogP contribution in [0.2, 0.25) is 0 Å². The molecule has 1 aliphatic heterocycles. The minimum absolute atomic E-state index is 0.0192. The molecule has 1 aliphatic carbocycles. The molecule has 0 fully saturated rings. The van der Waals surface area contributed by atoms with Gasteiger partial charge < -0.3 is 11.1 Å². The van der Waals surface area contributed by atoms with Gasteiger partial charge in [-0.3, -0.25) is 4.99 Å². The van der Waals surface area contributed by atoms with Crippen molar-refractivity contribution in [3.05, 3.63) is 63.9 Å². The summed E-state index contributed by atoms with van der Waals surface area (Å²) >= 11 is 1.85. The van der Waals surface area contributed by atoms with Gasteiger partial charge in [0, 0.05) is 35.8 Å². The van der Waals surface area contributed by atoms with Crippen molar-refractivity contribution in [2.75, 3.05) is 11.9 Å². The number of aromatic nitrogens is 2. The lowest BCUT2D eigenvalue weighted by Crippen LogP contribution is -2.32. The summed E-state index contributed by atoms with van der Waals surface area (Å²) in [5, 5.41) is 4.84. The number of anilines is 1. The number of hydrogen-bond donors (Lipinski definition) is 2. The van der Waals surface area contributed by atoms with Crippen LogP contribution in [0.25, 0.3) is 10.2 Å². The molecule has 3 heterocycles. The minimum atomic E-state index is 0.0192. The molecule has 5 nitrogen and oxygen atoms in total.